The number of hydrogen-bond donors (Lipinski definition) is 2. The van der Waals surface area contributed by atoms with E-state index in [0.29, 0.717) is 11.4 Å². The number of aromatic nitrogens is 2. The number of alkyl halides is 3. The van der Waals surface area contributed by atoms with Gasteiger partial charge in [-0.05, 0) is 24.7 Å². The zero-order valence-electron chi connectivity index (χ0n) is 10.0. The first kappa shape index (κ1) is 13.4. The molecule has 1 unspecified atom stereocenters. The summed E-state index contributed by atoms with van der Waals surface area (Å²) in [6.07, 6.45) is -1.47. The van der Waals surface area contributed by atoms with Gasteiger partial charge in [0.25, 0.3) is 0 Å². The largest absolute Gasteiger partial charge is 0.573 e. The zero-order chi connectivity index (χ0) is 13.9. The molecule has 19 heavy (non-hydrogen) atoms. The first-order valence-electron chi connectivity index (χ1n) is 5.52. The molecular formula is C12H12F3N3O. The van der Waals surface area contributed by atoms with Crippen LogP contribution in [0.15, 0.2) is 36.7 Å². The molecule has 0 amide bonds. The van der Waals surface area contributed by atoms with Gasteiger partial charge in [-0.25, -0.2) is 4.98 Å². The van der Waals surface area contributed by atoms with Crippen molar-refractivity contribution in [2.45, 2.75) is 12.4 Å². The van der Waals surface area contributed by atoms with E-state index in [4.69, 9.17) is 0 Å². The van der Waals surface area contributed by atoms with Crippen molar-refractivity contribution in [3.63, 3.8) is 0 Å². The van der Waals surface area contributed by atoms with E-state index in [1.165, 1.54) is 18.2 Å². The van der Waals surface area contributed by atoms with E-state index in [1.54, 1.807) is 25.5 Å². The van der Waals surface area contributed by atoms with E-state index in [9.17, 15) is 13.2 Å². The molecule has 0 fully saturated rings. The van der Waals surface area contributed by atoms with Gasteiger partial charge in [-0.2, -0.15) is 0 Å². The molecule has 4 nitrogen and oxygen atoms in total. The number of imidazole rings is 1. The monoisotopic (exact) mass is 271 g/mol. The van der Waals surface area contributed by atoms with Crippen LogP contribution in [0.1, 0.15) is 17.4 Å². The summed E-state index contributed by atoms with van der Waals surface area (Å²) in [5.41, 5.74) is 0.624. The Labute approximate surface area is 107 Å². The van der Waals surface area contributed by atoms with Gasteiger partial charge in [0.2, 0.25) is 0 Å². The molecule has 0 aliphatic rings. The molecule has 0 radical (unpaired) electrons. The number of nitrogens with zero attached hydrogens (tertiary/aromatic N) is 1. The number of rotatable bonds is 4. The molecule has 7 heteroatoms. The van der Waals surface area contributed by atoms with Crippen molar-refractivity contribution in [3.8, 4) is 5.75 Å². The summed E-state index contributed by atoms with van der Waals surface area (Å²) in [6.45, 7) is 0. The summed E-state index contributed by atoms with van der Waals surface area (Å²) in [7, 11) is 1.70. The Morgan fingerprint density at radius 2 is 2.16 bits per heavy atom. The van der Waals surface area contributed by atoms with Gasteiger partial charge < -0.3 is 15.0 Å². The molecule has 0 aliphatic carbocycles. The molecule has 1 heterocycles. The highest BCUT2D eigenvalue weighted by molar-refractivity contribution is 5.33. The number of nitrogens with one attached hydrogen (secondary N) is 2. The van der Waals surface area contributed by atoms with E-state index in [2.05, 4.69) is 20.0 Å². The predicted octanol–water partition coefficient (Wildman–Crippen LogP) is 2.62. The molecule has 1 aromatic heterocycles. The minimum atomic E-state index is -4.70. The first-order valence-corrected chi connectivity index (χ1v) is 5.52. The van der Waals surface area contributed by atoms with Crippen LogP contribution < -0.4 is 10.1 Å². The molecular weight excluding hydrogens is 259 g/mol. The molecule has 102 valence electrons. The summed E-state index contributed by atoms with van der Waals surface area (Å²) in [4.78, 5) is 7.00. The summed E-state index contributed by atoms with van der Waals surface area (Å²) >= 11 is 0. The quantitative estimate of drug-likeness (QED) is 0.898. The summed E-state index contributed by atoms with van der Waals surface area (Å²) in [5.74, 6) is 0.364. The van der Waals surface area contributed by atoms with Gasteiger partial charge >= 0.3 is 6.36 Å². The maximum Gasteiger partial charge on any atom is 0.573 e. The average Bonchev–Trinajstić information content (AvgIpc) is 2.82. The van der Waals surface area contributed by atoms with Crippen LogP contribution in [-0.2, 0) is 0 Å². The van der Waals surface area contributed by atoms with Gasteiger partial charge in [0.1, 0.15) is 11.6 Å². The second-order valence-corrected chi connectivity index (χ2v) is 3.82. The standard InChI is InChI=1S/C12H12F3N3O/c1-16-10(11-17-5-6-18-11)8-3-2-4-9(7-8)19-12(13,14)15/h2-7,10,16H,1H3,(H,17,18). The van der Waals surface area contributed by atoms with Crippen LogP contribution in [0.4, 0.5) is 13.2 Å². The van der Waals surface area contributed by atoms with Crippen LogP contribution in [-0.4, -0.2) is 23.4 Å². The molecule has 0 aliphatic heterocycles. The van der Waals surface area contributed by atoms with E-state index in [0.717, 1.165) is 0 Å². The van der Waals surface area contributed by atoms with Gasteiger partial charge in [-0.1, -0.05) is 12.1 Å². The Hall–Kier alpha value is -2.02. The third-order valence-corrected chi connectivity index (χ3v) is 2.51. The van der Waals surface area contributed by atoms with Crippen LogP contribution in [0, 0.1) is 0 Å². The summed E-state index contributed by atoms with van der Waals surface area (Å²) < 4.78 is 40.4. The smallest absolute Gasteiger partial charge is 0.406 e. The summed E-state index contributed by atoms with van der Waals surface area (Å²) in [6, 6.07) is 5.46. The normalized spacial score (nSPS) is 13.3. The highest BCUT2D eigenvalue weighted by atomic mass is 19.4. The predicted molar refractivity (Wildman–Crippen MR) is 62.6 cm³/mol. The molecule has 0 saturated heterocycles. The molecule has 1 atom stereocenters. The molecule has 0 saturated carbocycles. The van der Waals surface area contributed by atoms with Crippen molar-refractivity contribution in [1.82, 2.24) is 15.3 Å². The fraction of sp³-hybridized carbons (Fsp3) is 0.250. The number of benzene rings is 1. The van der Waals surface area contributed by atoms with Crippen LogP contribution in [0.25, 0.3) is 0 Å². The minimum absolute atomic E-state index is 0.253. The Morgan fingerprint density at radius 3 is 2.74 bits per heavy atom. The van der Waals surface area contributed by atoms with Gasteiger partial charge in [0.05, 0.1) is 6.04 Å². The first-order chi connectivity index (χ1) is 8.99. The number of ether oxygens (including phenoxy) is 1. The van der Waals surface area contributed by atoms with Gasteiger partial charge in [0, 0.05) is 12.4 Å². The van der Waals surface area contributed by atoms with E-state index in [-0.39, 0.29) is 11.8 Å². The highest BCUT2D eigenvalue weighted by Crippen LogP contribution is 2.27. The molecule has 2 N–H and O–H groups in total. The van der Waals surface area contributed by atoms with Crippen LogP contribution in [0.5, 0.6) is 5.75 Å². The summed E-state index contributed by atoms with van der Waals surface area (Å²) in [5, 5.41) is 2.98. The highest BCUT2D eigenvalue weighted by Gasteiger charge is 2.31. The lowest BCUT2D eigenvalue weighted by Gasteiger charge is -2.16. The Balaban J connectivity index is 2.27. The van der Waals surface area contributed by atoms with Crippen molar-refractivity contribution >= 4 is 0 Å². The minimum Gasteiger partial charge on any atom is -0.406 e. The van der Waals surface area contributed by atoms with Crippen molar-refractivity contribution in [2.75, 3.05) is 7.05 Å². The molecule has 2 rings (SSSR count). The number of aromatic amines is 1. The second-order valence-electron chi connectivity index (χ2n) is 3.82. The molecule has 0 spiro atoms. The van der Waals surface area contributed by atoms with Crippen molar-refractivity contribution in [3.05, 3.63) is 48.0 Å². The van der Waals surface area contributed by atoms with E-state index in [1.807, 2.05) is 0 Å². The van der Waals surface area contributed by atoms with Gasteiger partial charge in [-0.3, -0.25) is 0 Å². The maximum atomic E-state index is 12.2. The number of hydrogen-bond acceptors (Lipinski definition) is 3. The molecule has 1 aromatic carbocycles. The SMILES string of the molecule is CNC(c1cccc(OC(F)(F)F)c1)c1ncc[nH]1. The third-order valence-electron chi connectivity index (χ3n) is 2.51. The van der Waals surface area contributed by atoms with Gasteiger partial charge in [-0.15, -0.1) is 13.2 Å². The second kappa shape index (κ2) is 5.31. The van der Waals surface area contributed by atoms with Crippen LogP contribution in [0.3, 0.4) is 0 Å². The zero-order valence-corrected chi connectivity index (χ0v) is 10.0. The van der Waals surface area contributed by atoms with Crippen LogP contribution >= 0.6 is 0 Å². The van der Waals surface area contributed by atoms with Gasteiger partial charge in [0.15, 0.2) is 0 Å². The van der Waals surface area contributed by atoms with Crippen molar-refractivity contribution < 1.29 is 17.9 Å². The lowest BCUT2D eigenvalue weighted by atomic mass is 10.1. The topological polar surface area (TPSA) is 49.9 Å². The van der Waals surface area contributed by atoms with Crippen molar-refractivity contribution in [1.29, 1.82) is 0 Å². The average molecular weight is 271 g/mol. The number of halogens is 3. The van der Waals surface area contributed by atoms with E-state index < -0.39 is 6.36 Å². The Bertz CT molecular complexity index is 525. The van der Waals surface area contributed by atoms with E-state index >= 15 is 0 Å². The third kappa shape index (κ3) is 3.47. The number of H-pyrrole nitrogens is 1. The lowest BCUT2D eigenvalue weighted by molar-refractivity contribution is -0.274. The Kier molecular flexibility index (Phi) is 3.75. The maximum absolute atomic E-state index is 12.2. The fourth-order valence-electron chi connectivity index (χ4n) is 1.79. The Morgan fingerprint density at radius 1 is 1.37 bits per heavy atom. The molecule has 2 aromatic rings. The molecule has 0 bridgehead atoms. The lowest BCUT2D eigenvalue weighted by Crippen LogP contribution is -2.20. The van der Waals surface area contributed by atoms with Crippen LogP contribution in [0.2, 0.25) is 0 Å². The van der Waals surface area contributed by atoms with Crippen molar-refractivity contribution in [2.24, 2.45) is 0 Å². The fourth-order valence-corrected chi connectivity index (χ4v) is 1.79.